The van der Waals surface area contributed by atoms with Gasteiger partial charge in [-0.25, -0.2) is 9.37 Å². The minimum Gasteiger partial charge on any atom is -0.342 e. The Morgan fingerprint density at radius 1 is 1.14 bits per heavy atom. The molecule has 0 aliphatic rings. The van der Waals surface area contributed by atoms with E-state index < -0.39 is 0 Å². The van der Waals surface area contributed by atoms with Crippen LogP contribution in [0.25, 0.3) is 11.3 Å². The Morgan fingerprint density at radius 3 is 2.29 bits per heavy atom. The highest BCUT2D eigenvalue weighted by molar-refractivity contribution is 7.71. The number of hydrogen-bond donors (Lipinski definition) is 1. The quantitative estimate of drug-likeness (QED) is 0.736. The van der Waals surface area contributed by atoms with Gasteiger partial charge in [0.05, 0.1) is 5.69 Å². The van der Waals surface area contributed by atoms with Crippen molar-refractivity contribution in [2.45, 2.75) is 47.0 Å². The van der Waals surface area contributed by atoms with E-state index in [1.807, 2.05) is 26.8 Å². The highest BCUT2D eigenvalue weighted by atomic mass is 32.1. The molecule has 0 atom stereocenters. The zero-order valence-corrected chi connectivity index (χ0v) is 14.2. The van der Waals surface area contributed by atoms with E-state index in [1.54, 1.807) is 6.07 Å². The van der Waals surface area contributed by atoms with Gasteiger partial charge in [0.15, 0.2) is 0 Å². The first-order valence-electron chi connectivity index (χ1n) is 7.00. The molecule has 2 rings (SSSR count). The van der Waals surface area contributed by atoms with Crippen LogP contribution in [-0.4, -0.2) is 9.97 Å². The van der Waals surface area contributed by atoms with Crippen LogP contribution in [0.1, 0.15) is 43.3 Å². The Kier molecular flexibility index (Phi) is 4.02. The summed E-state index contributed by atoms with van der Waals surface area (Å²) in [6.07, 6.45) is 0. The average molecular weight is 304 g/mol. The summed E-state index contributed by atoms with van der Waals surface area (Å²) < 4.78 is 15.0. The van der Waals surface area contributed by atoms with Crippen LogP contribution in [0.5, 0.6) is 0 Å². The summed E-state index contributed by atoms with van der Waals surface area (Å²) >= 11 is 5.36. The van der Waals surface area contributed by atoms with E-state index in [2.05, 4.69) is 30.7 Å². The molecule has 1 aromatic heterocycles. The third kappa shape index (κ3) is 3.05. The molecule has 0 radical (unpaired) electrons. The molecule has 0 saturated heterocycles. The molecule has 1 aromatic carbocycles. The van der Waals surface area contributed by atoms with Gasteiger partial charge in [-0.3, -0.25) is 0 Å². The Hall–Kier alpha value is -1.55. The van der Waals surface area contributed by atoms with Gasteiger partial charge >= 0.3 is 0 Å². The third-order valence-electron chi connectivity index (χ3n) is 3.54. The molecular formula is C17H21FN2S. The SMILES string of the molecule is Cc1cc(C)c(-c2[nH]c(C(C)(C)C)nc(=S)c2C)c(F)c1. The van der Waals surface area contributed by atoms with Crippen molar-refractivity contribution in [3.63, 3.8) is 0 Å². The molecule has 4 heteroatoms. The van der Waals surface area contributed by atoms with Crippen LogP contribution in [0.3, 0.4) is 0 Å². The van der Waals surface area contributed by atoms with Crippen LogP contribution in [0.15, 0.2) is 12.1 Å². The van der Waals surface area contributed by atoms with Crippen molar-refractivity contribution in [3.8, 4) is 11.3 Å². The van der Waals surface area contributed by atoms with Crippen molar-refractivity contribution in [1.29, 1.82) is 0 Å². The number of aromatic nitrogens is 2. The van der Waals surface area contributed by atoms with Crippen molar-refractivity contribution in [2.24, 2.45) is 0 Å². The van der Waals surface area contributed by atoms with Gasteiger partial charge in [0.1, 0.15) is 16.3 Å². The van der Waals surface area contributed by atoms with Crippen LogP contribution in [0.4, 0.5) is 4.39 Å². The monoisotopic (exact) mass is 304 g/mol. The number of nitrogens with zero attached hydrogens (tertiary/aromatic N) is 1. The normalized spacial score (nSPS) is 11.8. The largest absolute Gasteiger partial charge is 0.342 e. The maximum atomic E-state index is 14.5. The number of rotatable bonds is 1. The van der Waals surface area contributed by atoms with Gasteiger partial charge in [-0.2, -0.15) is 0 Å². The predicted molar refractivity (Wildman–Crippen MR) is 87.7 cm³/mol. The van der Waals surface area contributed by atoms with Gasteiger partial charge in [-0.1, -0.05) is 39.1 Å². The Bertz CT molecular complexity index is 731. The minimum absolute atomic E-state index is 0.176. The molecule has 2 nitrogen and oxygen atoms in total. The summed E-state index contributed by atoms with van der Waals surface area (Å²) in [5, 5.41) is 0. The molecule has 0 saturated carbocycles. The first-order valence-corrected chi connectivity index (χ1v) is 7.40. The van der Waals surface area contributed by atoms with E-state index in [0.29, 0.717) is 10.2 Å². The standard InChI is InChI=1S/C17H21FN2S/c1-9-7-10(2)13(12(18)8-9)14-11(3)15(21)20-16(19-14)17(4,5)6/h7-8H,1-6H3,(H,19,20,21). The summed E-state index contributed by atoms with van der Waals surface area (Å²) in [4.78, 5) is 7.74. The molecule has 112 valence electrons. The van der Waals surface area contributed by atoms with Gasteiger partial charge in [0.25, 0.3) is 0 Å². The van der Waals surface area contributed by atoms with E-state index in [-0.39, 0.29) is 11.2 Å². The Balaban J connectivity index is 2.82. The number of halogens is 1. The third-order valence-corrected chi connectivity index (χ3v) is 3.94. The lowest BCUT2D eigenvalue weighted by Crippen LogP contribution is -2.17. The highest BCUT2D eigenvalue weighted by Crippen LogP contribution is 2.31. The zero-order chi connectivity index (χ0) is 15.9. The second-order valence-corrected chi connectivity index (χ2v) is 6.97. The maximum absolute atomic E-state index is 14.5. The van der Waals surface area contributed by atoms with Crippen molar-refractivity contribution in [1.82, 2.24) is 9.97 Å². The van der Waals surface area contributed by atoms with Crippen molar-refractivity contribution < 1.29 is 4.39 Å². The fraction of sp³-hybridized carbons (Fsp3) is 0.412. The number of aromatic amines is 1. The van der Waals surface area contributed by atoms with Gasteiger partial charge in [0.2, 0.25) is 0 Å². The molecule has 0 aliphatic carbocycles. The number of nitrogens with one attached hydrogen (secondary N) is 1. The molecule has 0 amide bonds. The second-order valence-electron chi connectivity index (χ2n) is 6.58. The van der Waals surface area contributed by atoms with Crippen molar-refractivity contribution >= 4 is 12.2 Å². The van der Waals surface area contributed by atoms with E-state index >= 15 is 0 Å². The lowest BCUT2D eigenvalue weighted by atomic mass is 9.94. The summed E-state index contributed by atoms with van der Waals surface area (Å²) in [5.41, 5.74) is 3.75. The molecule has 21 heavy (non-hydrogen) atoms. The lowest BCUT2D eigenvalue weighted by Gasteiger charge is -2.20. The van der Waals surface area contributed by atoms with E-state index in [0.717, 1.165) is 28.2 Å². The van der Waals surface area contributed by atoms with Gasteiger partial charge in [-0.05, 0) is 38.0 Å². The summed E-state index contributed by atoms with van der Waals surface area (Å²) in [6, 6.07) is 3.53. The fourth-order valence-electron chi connectivity index (χ4n) is 2.37. The smallest absolute Gasteiger partial charge is 0.133 e. The number of aryl methyl sites for hydroxylation is 2. The molecular weight excluding hydrogens is 283 g/mol. The van der Waals surface area contributed by atoms with Gasteiger partial charge in [-0.15, -0.1) is 0 Å². The summed E-state index contributed by atoms with van der Waals surface area (Å²) in [5.74, 6) is 0.541. The van der Waals surface area contributed by atoms with Crippen LogP contribution < -0.4 is 0 Å². The highest BCUT2D eigenvalue weighted by Gasteiger charge is 2.20. The first kappa shape index (κ1) is 15.8. The van der Waals surface area contributed by atoms with Crippen LogP contribution in [0, 0.1) is 31.2 Å². The van der Waals surface area contributed by atoms with Crippen molar-refractivity contribution in [3.05, 3.63) is 45.1 Å². The van der Waals surface area contributed by atoms with E-state index in [9.17, 15) is 4.39 Å². The predicted octanol–water partition coefficient (Wildman–Crippen LogP) is 5.17. The van der Waals surface area contributed by atoms with E-state index in [4.69, 9.17) is 12.2 Å². The summed E-state index contributed by atoms with van der Waals surface area (Å²) in [7, 11) is 0. The van der Waals surface area contributed by atoms with Crippen LogP contribution in [0.2, 0.25) is 0 Å². The minimum atomic E-state index is -0.229. The molecule has 0 fully saturated rings. The van der Waals surface area contributed by atoms with Gasteiger partial charge in [0, 0.05) is 16.5 Å². The second kappa shape index (κ2) is 5.34. The Morgan fingerprint density at radius 2 is 1.76 bits per heavy atom. The number of hydrogen-bond acceptors (Lipinski definition) is 2. The molecule has 0 bridgehead atoms. The molecule has 1 heterocycles. The van der Waals surface area contributed by atoms with Crippen LogP contribution >= 0.6 is 12.2 Å². The van der Waals surface area contributed by atoms with Crippen LogP contribution in [-0.2, 0) is 5.41 Å². The van der Waals surface area contributed by atoms with E-state index in [1.165, 1.54) is 0 Å². The number of benzene rings is 1. The maximum Gasteiger partial charge on any atom is 0.133 e. The summed E-state index contributed by atoms with van der Waals surface area (Å²) in [6.45, 7) is 11.8. The molecule has 0 unspecified atom stereocenters. The molecule has 0 aliphatic heterocycles. The first-order chi connectivity index (χ1) is 9.61. The lowest BCUT2D eigenvalue weighted by molar-refractivity contribution is 0.543. The average Bonchev–Trinajstić information content (AvgIpc) is 2.31. The molecule has 1 N–H and O–H groups in total. The molecule has 0 spiro atoms. The topological polar surface area (TPSA) is 28.7 Å². The fourth-order valence-corrected chi connectivity index (χ4v) is 2.56. The number of H-pyrrole nitrogens is 1. The Labute approximate surface area is 130 Å². The molecule has 2 aromatic rings. The zero-order valence-electron chi connectivity index (χ0n) is 13.4. The van der Waals surface area contributed by atoms with Gasteiger partial charge < -0.3 is 4.98 Å². The van der Waals surface area contributed by atoms with Crippen molar-refractivity contribution in [2.75, 3.05) is 0 Å².